The zero-order valence-electron chi connectivity index (χ0n) is 5.52. The maximum absolute atomic E-state index is 5.15. The second kappa shape index (κ2) is 8.17. The van der Waals surface area contributed by atoms with Gasteiger partial charge in [-0.05, 0) is 11.8 Å². The molecular formula is C5H12ClNO2. The monoisotopic (exact) mass is 153 g/mol. The van der Waals surface area contributed by atoms with Crippen molar-refractivity contribution in [3.8, 4) is 0 Å². The molecule has 0 spiro atoms. The van der Waals surface area contributed by atoms with Gasteiger partial charge in [0.15, 0.2) is 0 Å². The number of hydrogen-bond acceptors (Lipinski definition) is 3. The van der Waals surface area contributed by atoms with Gasteiger partial charge in [0.2, 0.25) is 0 Å². The number of halogens is 1. The van der Waals surface area contributed by atoms with Gasteiger partial charge in [-0.25, -0.2) is 4.84 Å². The quantitative estimate of drug-likeness (QED) is 0.443. The molecule has 0 bridgehead atoms. The summed E-state index contributed by atoms with van der Waals surface area (Å²) in [4.78, 5) is 2.45. The van der Waals surface area contributed by atoms with Gasteiger partial charge in [-0.15, -0.1) is 0 Å². The first-order chi connectivity index (χ1) is 4.41. The van der Waals surface area contributed by atoms with Crippen LogP contribution in [0.25, 0.3) is 0 Å². The molecule has 0 radical (unpaired) electrons. The van der Waals surface area contributed by atoms with Crippen LogP contribution in [0.15, 0.2) is 0 Å². The highest BCUT2D eigenvalue weighted by atomic mass is 35.5. The van der Waals surface area contributed by atoms with Crippen LogP contribution in [-0.2, 0) is 9.47 Å². The average Bonchev–Trinajstić information content (AvgIpc) is 1.89. The molecule has 9 heavy (non-hydrogen) atoms. The zero-order chi connectivity index (χ0) is 6.95. The molecule has 1 N–H and O–H groups in total. The van der Waals surface area contributed by atoms with Crippen LogP contribution in [0.5, 0.6) is 0 Å². The van der Waals surface area contributed by atoms with E-state index in [-0.39, 0.29) is 0 Å². The smallest absolute Gasteiger partial charge is 0.0700 e. The topological polar surface area (TPSA) is 30.5 Å². The van der Waals surface area contributed by atoms with Crippen molar-refractivity contribution < 1.29 is 9.47 Å². The fourth-order valence-corrected chi connectivity index (χ4v) is 0.432. The number of ether oxygens (including phenoxy) is 2. The summed E-state index contributed by atoms with van der Waals surface area (Å²) in [6.07, 6.45) is 0. The summed E-state index contributed by atoms with van der Waals surface area (Å²) in [6, 6.07) is 0. The SMILES string of the molecule is COCCOCCNCl. The highest BCUT2D eigenvalue weighted by Crippen LogP contribution is 1.74. The number of nitrogens with one attached hydrogen (secondary N) is 1. The van der Waals surface area contributed by atoms with Crippen molar-refractivity contribution in [2.45, 2.75) is 0 Å². The Bertz CT molecular complexity index is 48.2. The van der Waals surface area contributed by atoms with Gasteiger partial charge < -0.3 is 9.47 Å². The molecule has 0 aliphatic heterocycles. The third-order valence-corrected chi connectivity index (χ3v) is 0.962. The van der Waals surface area contributed by atoms with E-state index in [2.05, 4.69) is 4.84 Å². The summed E-state index contributed by atoms with van der Waals surface area (Å²) in [5.41, 5.74) is 0. The highest BCUT2D eigenvalue weighted by Gasteiger charge is 1.84. The van der Waals surface area contributed by atoms with Gasteiger partial charge >= 0.3 is 0 Å². The van der Waals surface area contributed by atoms with Crippen molar-refractivity contribution in [1.82, 2.24) is 4.84 Å². The van der Waals surface area contributed by atoms with Crippen molar-refractivity contribution in [3.05, 3.63) is 0 Å². The molecule has 0 aromatic rings. The molecule has 0 unspecified atom stereocenters. The average molecular weight is 154 g/mol. The number of methoxy groups -OCH3 is 1. The van der Waals surface area contributed by atoms with Crippen LogP contribution in [0.3, 0.4) is 0 Å². The molecule has 3 nitrogen and oxygen atoms in total. The van der Waals surface area contributed by atoms with E-state index in [1.807, 2.05) is 0 Å². The Morgan fingerprint density at radius 1 is 1.33 bits per heavy atom. The fourth-order valence-electron chi connectivity index (χ4n) is 0.355. The van der Waals surface area contributed by atoms with E-state index in [1.165, 1.54) is 0 Å². The van der Waals surface area contributed by atoms with E-state index in [9.17, 15) is 0 Å². The Hall–Kier alpha value is 0.170. The van der Waals surface area contributed by atoms with Gasteiger partial charge in [-0.1, -0.05) is 0 Å². The molecule has 0 atom stereocenters. The summed E-state index contributed by atoms with van der Waals surface area (Å²) in [6.45, 7) is 2.58. The van der Waals surface area contributed by atoms with Crippen molar-refractivity contribution in [3.63, 3.8) is 0 Å². The molecule has 0 rings (SSSR count). The molecule has 4 heteroatoms. The summed E-state index contributed by atoms with van der Waals surface area (Å²) in [5, 5.41) is 0. The second-order valence-electron chi connectivity index (χ2n) is 1.49. The maximum Gasteiger partial charge on any atom is 0.0700 e. The van der Waals surface area contributed by atoms with E-state index in [4.69, 9.17) is 21.3 Å². The van der Waals surface area contributed by atoms with Crippen molar-refractivity contribution >= 4 is 11.8 Å². The van der Waals surface area contributed by atoms with Gasteiger partial charge in [-0.3, -0.25) is 0 Å². The lowest BCUT2D eigenvalue weighted by Crippen LogP contribution is -2.11. The van der Waals surface area contributed by atoms with Crippen LogP contribution in [0.1, 0.15) is 0 Å². The lowest BCUT2D eigenvalue weighted by molar-refractivity contribution is 0.0737. The fraction of sp³-hybridized carbons (Fsp3) is 1.00. The minimum atomic E-state index is 0.632. The molecule has 56 valence electrons. The summed E-state index contributed by atoms with van der Waals surface area (Å²) >= 11 is 5.15. The third-order valence-electron chi connectivity index (χ3n) is 0.773. The third kappa shape index (κ3) is 8.17. The Morgan fingerprint density at radius 3 is 2.67 bits per heavy atom. The first kappa shape index (κ1) is 9.17. The van der Waals surface area contributed by atoms with Crippen molar-refractivity contribution in [2.24, 2.45) is 0 Å². The van der Waals surface area contributed by atoms with Crippen LogP contribution >= 0.6 is 11.8 Å². The standard InChI is InChI=1S/C5H12ClNO2/c1-8-4-5-9-3-2-7-6/h7H,2-5H2,1H3. The van der Waals surface area contributed by atoms with E-state index in [0.717, 1.165) is 0 Å². The molecule has 0 aromatic carbocycles. The first-order valence-electron chi connectivity index (χ1n) is 2.82. The maximum atomic E-state index is 5.15. The molecule has 0 fully saturated rings. The Morgan fingerprint density at radius 2 is 2.11 bits per heavy atom. The molecule has 0 saturated heterocycles. The second-order valence-corrected chi connectivity index (χ2v) is 1.76. The summed E-state index contributed by atoms with van der Waals surface area (Å²) in [5.74, 6) is 0. The molecule has 0 heterocycles. The van der Waals surface area contributed by atoms with Crippen LogP contribution in [-0.4, -0.2) is 33.5 Å². The normalized spacial score (nSPS) is 10.0. The van der Waals surface area contributed by atoms with E-state index in [1.54, 1.807) is 7.11 Å². The molecule has 0 aliphatic carbocycles. The minimum Gasteiger partial charge on any atom is -0.382 e. The van der Waals surface area contributed by atoms with Crippen LogP contribution < -0.4 is 4.84 Å². The lowest BCUT2D eigenvalue weighted by Gasteiger charge is -2.00. The largest absolute Gasteiger partial charge is 0.382 e. The van der Waals surface area contributed by atoms with Crippen LogP contribution in [0.4, 0.5) is 0 Å². The molecule has 0 amide bonds. The van der Waals surface area contributed by atoms with Gasteiger partial charge in [0.1, 0.15) is 0 Å². The molecule has 0 aromatic heterocycles. The predicted molar refractivity (Wildman–Crippen MR) is 36.6 cm³/mol. The van der Waals surface area contributed by atoms with E-state index < -0.39 is 0 Å². The molecular weight excluding hydrogens is 142 g/mol. The summed E-state index contributed by atoms with van der Waals surface area (Å²) in [7, 11) is 1.64. The Kier molecular flexibility index (Phi) is 8.32. The molecule has 0 saturated carbocycles. The summed E-state index contributed by atoms with van der Waals surface area (Å²) < 4.78 is 9.79. The van der Waals surface area contributed by atoms with E-state index in [0.29, 0.717) is 26.4 Å². The van der Waals surface area contributed by atoms with Crippen LogP contribution in [0.2, 0.25) is 0 Å². The number of rotatable bonds is 6. The van der Waals surface area contributed by atoms with Crippen LogP contribution in [0, 0.1) is 0 Å². The lowest BCUT2D eigenvalue weighted by atomic mass is 10.7. The van der Waals surface area contributed by atoms with Gasteiger partial charge in [-0.2, -0.15) is 0 Å². The minimum absolute atomic E-state index is 0.632. The van der Waals surface area contributed by atoms with Crippen molar-refractivity contribution in [2.75, 3.05) is 33.5 Å². The van der Waals surface area contributed by atoms with E-state index >= 15 is 0 Å². The van der Waals surface area contributed by atoms with Crippen molar-refractivity contribution in [1.29, 1.82) is 0 Å². The van der Waals surface area contributed by atoms with Gasteiger partial charge in [0.05, 0.1) is 19.8 Å². The zero-order valence-corrected chi connectivity index (χ0v) is 6.28. The highest BCUT2D eigenvalue weighted by molar-refractivity contribution is 6.13. The Balaban J connectivity index is 2.60. The van der Waals surface area contributed by atoms with Gasteiger partial charge in [0, 0.05) is 13.7 Å². The molecule has 0 aliphatic rings. The Labute approximate surface area is 60.4 Å². The van der Waals surface area contributed by atoms with Gasteiger partial charge in [0.25, 0.3) is 0 Å². The first-order valence-corrected chi connectivity index (χ1v) is 3.19. The predicted octanol–water partition coefficient (Wildman–Crippen LogP) is 0.393. The number of hydrogen-bond donors (Lipinski definition) is 1.